The molecule has 0 spiro atoms. The molecule has 1 amide bonds. The van der Waals surface area contributed by atoms with Crippen LogP contribution in [0.25, 0.3) is 0 Å². The van der Waals surface area contributed by atoms with Gasteiger partial charge in [-0.3, -0.25) is 9.78 Å². The number of nitrogens with zero attached hydrogens (tertiary/aromatic N) is 1. The maximum atomic E-state index is 12.1. The second-order valence-electron chi connectivity index (χ2n) is 5.22. The second kappa shape index (κ2) is 5.38. The lowest BCUT2D eigenvalue weighted by atomic mass is 9.78. The fourth-order valence-corrected chi connectivity index (χ4v) is 2.10. The highest BCUT2D eigenvalue weighted by molar-refractivity contribution is 5.93. The van der Waals surface area contributed by atoms with Gasteiger partial charge in [0.2, 0.25) is 0 Å². The summed E-state index contributed by atoms with van der Waals surface area (Å²) in [6.07, 6.45) is 6.05. The van der Waals surface area contributed by atoms with Crippen molar-refractivity contribution < 1.29 is 4.79 Å². The zero-order chi connectivity index (χ0) is 13.0. The molecule has 2 rings (SSSR count). The Morgan fingerprint density at radius 2 is 2.28 bits per heavy atom. The van der Waals surface area contributed by atoms with E-state index in [0.29, 0.717) is 5.69 Å². The SMILES string of the molecule is CCCNc1ccnc(C(=O)NC2(C)CCC2)c1. The van der Waals surface area contributed by atoms with Gasteiger partial charge in [0.05, 0.1) is 0 Å². The van der Waals surface area contributed by atoms with Gasteiger partial charge in [0.1, 0.15) is 5.69 Å². The van der Waals surface area contributed by atoms with Gasteiger partial charge in [-0.15, -0.1) is 0 Å². The number of anilines is 1. The Balaban J connectivity index is 2.00. The van der Waals surface area contributed by atoms with E-state index in [-0.39, 0.29) is 11.4 Å². The number of rotatable bonds is 5. The highest BCUT2D eigenvalue weighted by atomic mass is 16.2. The van der Waals surface area contributed by atoms with E-state index in [9.17, 15) is 4.79 Å². The van der Waals surface area contributed by atoms with E-state index in [2.05, 4.69) is 29.5 Å². The van der Waals surface area contributed by atoms with E-state index in [1.54, 1.807) is 6.20 Å². The number of hydrogen-bond donors (Lipinski definition) is 2. The third-order valence-corrected chi connectivity index (χ3v) is 3.44. The lowest BCUT2D eigenvalue weighted by molar-refractivity contribution is 0.0845. The van der Waals surface area contributed by atoms with E-state index in [4.69, 9.17) is 0 Å². The van der Waals surface area contributed by atoms with Crippen LogP contribution in [0.15, 0.2) is 18.3 Å². The molecule has 2 N–H and O–H groups in total. The first-order valence-corrected chi connectivity index (χ1v) is 6.65. The predicted molar refractivity (Wildman–Crippen MR) is 72.7 cm³/mol. The molecule has 18 heavy (non-hydrogen) atoms. The first-order chi connectivity index (χ1) is 8.63. The standard InChI is InChI=1S/C14H21N3O/c1-3-8-15-11-5-9-16-12(10-11)13(18)17-14(2)6-4-7-14/h5,9-10H,3-4,6-8H2,1-2H3,(H,15,16)(H,17,18). The largest absolute Gasteiger partial charge is 0.385 e. The summed E-state index contributed by atoms with van der Waals surface area (Å²) < 4.78 is 0. The molecule has 98 valence electrons. The fraction of sp³-hybridized carbons (Fsp3) is 0.571. The smallest absolute Gasteiger partial charge is 0.270 e. The summed E-state index contributed by atoms with van der Waals surface area (Å²) in [7, 11) is 0. The molecule has 4 heteroatoms. The zero-order valence-corrected chi connectivity index (χ0v) is 11.1. The van der Waals surface area contributed by atoms with Crippen LogP contribution in [0.5, 0.6) is 0 Å². The van der Waals surface area contributed by atoms with Crippen molar-refractivity contribution in [3.05, 3.63) is 24.0 Å². The Hall–Kier alpha value is -1.58. The van der Waals surface area contributed by atoms with Gasteiger partial charge in [0.25, 0.3) is 5.91 Å². The molecule has 1 fully saturated rings. The molecule has 0 unspecified atom stereocenters. The summed E-state index contributed by atoms with van der Waals surface area (Å²) in [5.74, 6) is -0.0719. The molecule has 1 aliphatic carbocycles. The summed E-state index contributed by atoms with van der Waals surface area (Å²) in [6.45, 7) is 5.11. The van der Waals surface area contributed by atoms with Crippen LogP contribution in [-0.4, -0.2) is 23.0 Å². The van der Waals surface area contributed by atoms with Crippen molar-refractivity contribution in [1.82, 2.24) is 10.3 Å². The van der Waals surface area contributed by atoms with Crippen LogP contribution in [0.4, 0.5) is 5.69 Å². The lowest BCUT2D eigenvalue weighted by Crippen LogP contribution is -2.51. The Morgan fingerprint density at radius 1 is 1.50 bits per heavy atom. The van der Waals surface area contributed by atoms with Gasteiger partial charge >= 0.3 is 0 Å². The normalized spacial score (nSPS) is 16.8. The predicted octanol–water partition coefficient (Wildman–Crippen LogP) is 2.58. The van der Waals surface area contributed by atoms with Crippen molar-refractivity contribution in [3.8, 4) is 0 Å². The number of pyridine rings is 1. The Labute approximate surface area is 108 Å². The first kappa shape index (κ1) is 12.9. The fourth-order valence-electron chi connectivity index (χ4n) is 2.10. The third kappa shape index (κ3) is 3.00. The van der Waals surface area contributed by atoms with Crippen LogP contribution in [0.1, 0.15) is 50.0 Å². The molecule has 0 atom stereocenters. The van der Waals surface area contributed by atoms with Crippen molar-refractivity contribution in [2.45, 2.75) is 45.1 Å². The molecular weight excluding hydrogens is 226 g/mol. The zero-order valence-electron chi connectivity index (χ0n) is 11.1. The maximum Gasteiger partial charge on any atom is 0.270 e. The highest BCUT2D eigenvalue weighted by Crippen LogP contribution is 2.31. The lowest BCUT2D eigenvalue weighted by Gasteiger charge is -2.39. The number of aromatic nitrogens is 1. The molecule has 4 nitrogen and oxygen atoms in total. The van der Waals surface area contributed by atoms with Gasteiger partial charge in [0.15, 0.2) is 0 Å². The summed E-state index contributed by atoms with van der Waals surface area (Å²) in [6, 6.07) is 3.70. The molecule has 1 saturated carbocycles. The van der Waals surface area contributed by atoms with Crippen molar-refractivity contribution in [2.75, 3.05) is 11.9 Å². The summed E-state index contributed by atoms with van der Waals surface area (Å²) in [4.78, 5) is 16.2. The van der Waals surface area contributed by atoms with Gasteiger partial charge < -0.3 is 10.6 Å². The van der Waals surface area contributed by atoms with Crippen LogP contribution in [0, 0.1) is 0 Å². The third-order valence-electron chi connectivity index (χ3n) is 3.44. The molecule has 0 radical (unpaired) electrons. The van der Waals surface area contributed by atoms with Gasteiger partial charge in [-0.05, 0) is 44.7 Å². The van der Waals surface area contributed by atoms with Gasteiger partial charge in [-0.25, -0.2) is 0 Å². The molecule has 0 aromatic carbocycles. The molecule has 0 saturated heterocycles. The minimum atomic E-state index is -0.0719. The number of amides is 1. The Bertz CT molecular complexity index is 427. The highest BCUT2D eigenvalue weighted by Gasteiger charge is 2.33. The van der Waals surface area contributed by atoms with E-state index >= 15 is 0 Å². The molecule has 1 aromatic heterocycles. The van der Waals surface area contributed by atoms with Crippen molar-refractivity contribution in [2.24, 2.45) is 0 Å². The van der Waals surface area contributed by atoms with E-state index in [1.807, 2.05) is 12.1 Å². The molecule has 0 bridgehead atoms. The number of nitrogens with one attached hydrogen (secondary N) is 2. The summed E-state index contributed by atoms with van der Waals surface area (Å²) in [5.41, 5.74) is 1.42. The molecule has 1 heterocycles. The maximum absolute atomic E-state index is 12.1. The molecule has 1 aliphatic rings. The quantitative estimate of drug-likeness (QED) is 0.840. The van der Waals surface area contributed by atoms with Crippen molar-refractivity contribution >= 4 is 11.6 Å². The van der Waals surface area contributed by atoms with Crippen LogP contribution >= 0.6 is 0 Å². The van der Waals surface area contributed by atoms with Gasteiger partial charge in [-0.2, -0.15) is 0 Å². The minimum Gasteiger partial charge on any atom is -0.385 e. The van der Waals surface area contributed by atoms with Gasteiger partial charge in [0, 0.05) is 24.0 Å². The van der Waals surface area contributed by atoms with E-state index in [1.165, 1.54) is 6.42 Å². The topological polar surface area (TPSA) is 54.0 Å². The van der Waals surface area contributed by atoms with Crippen LogP contribution in [-0.2, 0) is 0 Å². The summed E-state index contributed by atoms with van der Waals surface area (Å²) >= 11 is 0. The monoisotopic (exact) mass is 247 g/mol. The Morgan fingerprint density at radius 3 is 2.89 bits per heavy atom. The number of hydrogen-bond acceptors (Lipinski definition) is 3. The average Bonchev–Trinajstić information content (AvgIpc) is 2.34. The number of carbonyl (C=O) groups excluding carboxylic acids is 1. The summed E-state index contributed by atoms with van der Waals surface area (Å²) in [5, 5.41) is 6.32. The van der Waals surface area contributed by atoms with E-state index in [0.717, 1.165) is 31.5 Å². The first-order valence-electron chi connectivity index (χ1n) is 6.65. The molecule has 0 aliphatic heterocycles. The number of carbonyl (C=O) groups is 1. The van der Waals surface area contributed by atoms with Crippen LogP contribution in [0.3, 0.4) is 0 Å². The minimum absolute atomic E-state index is 0.0222. The van der Waals surface area contributed by atoms with Crippen LogP contribution in [0.2, 0.25) is 0 Å². The average molecular weight is 247 g/mol. The van der Waals surface area contributed by atoms with Crippen molar-refractivity contribution in [3.63, 3.8) is 0 Å². The Kier molecular flexibility index (Phi) is 3.84. The van der Waals surface area contributed by atoms with Crippen LogP contribution < -0.4 is 10.6 Å². The second-order valence-corrected chi connectivity index (χ2v) is 5.22. The molecular formula is C14H21N3O. The van der Waals surface area contributed by atoms with Crippen molar-refractivity contribution in [1.29, 1.82) is 0 Å². The molecule has 1 aromatic rings. The van der Waals surface area contributed by atoms with Gasteiger partial charge in [-0.1, -0.05) is 6.92 Å². The van der Waals surface area contributed by atoms with E-state index < -0.39 is 0 Å².